The van der Waals surface area contributed by atoms with Crippen molar-refractivity contribution in [1.82, 2.24) is 16.0 Å². The lowest BCUT2D eigenvalue weighted by Crippen LogP contribution is -2.41. The molecule has 0 bridgehead atoms. The van der Waals surface area contributed by atoms with Crippen molar-refractivity contribution in [3.8, 4) is 0 Å². The molecule has 17 heavy (non-hydrogen) atoms. The van der Waals surface area contributed by atoms with E-state index in [-0.39, 0.29) is 0 Å². The maximum absolute atomic E-state index is 11.2. The quantitative estimate of drug-likeness (QED) is 0.259. The largest absolute Gasteiger partial charge is 0.385 e. The second-order valence-electron chi connectivity index (χ2n) is 3.28. The molecule has 0 rings (SSSR count). The van der Waals surface area contributed by atoms with Crippen molar-refractivity contribution in [2.75, 3.05) is 33.4 Å². The van der Waals surface area contributed by atoms with Crippen LogP contribution >= 0.6 is 0 Å². The second-order valence-corrected chi connectivity index (χ2v) is 3.28. The zero-order chi connectivity index (χ0) is 12.9. The molecular formula is C10H19N3O4. The van der Waals surface area contributed by atoms with Crippen LogP contribution in [0.2, 0.25) is 0 Å². The molecule has 0 fully saturated rings. The molecule has 0 spiro atoms. The third-order valence-electron chi connectivity index (χ3n) is 1.88. The predicted octanol–water partition coefficient (Wildman–Crippen LogP) is -1.61. The average Bonchev–Trinajstić information content (AvgIpc) is 2.34. The Labute approximate surface area is 100 Å². The number of carbonyl (C=O) groups is 3. The predicted molar refractivity (Wildman–Crippen MR) is 61.2 cm³/mol. The van der Waals surface area contributed by atoms with Gasteiger partial charge in [-0.3, -0.25) is 14.4 Å². The van der Waals surface area contributed by atoms with Gasteiger partial charge >= 0.3 is 11.8 Å². The van der Waals surface area contributed by atoms with Crippen LogP contribution in [-0.4, -0.2) is 51.6 Å². The first-order chi connectivity index (χ1) is 8.22. The Balaban J connectivity index is 3.47. The summed E-state index contributed by atoms with van der Waals surface area (Å²) in [5.41, 5.74) is 0. The molecule has 7 nitrogen and oxygen atoms in total. The van der Waals surface area contributed by atoms with E-state index >= 15 is 0 Å². The Kier molecular flexibility index (Phi) is 9.83. The highest BCUT2D eigenvalue weighted by Crippen LogP contribution is 1.78. The average molecular weight is 245 g/mol. The van der Waals surface area contributed by atoms with Crippen molar-refractivity contribution in [3.63, 3.8) is 0 Å². The zero-order valence-electron chi connectivity index (χ0n) is 9.95. The normalized spacial score (nSPS) is 9.47. The number of methoxy groups -OCH3 is 1. The van der Waals surface area contributed by atoms with Crippen molar-refractivity contribution in [2.45, 2.75) is 12.8 Å². The first-order valence-corrected chi connectivity index (χ1v) is 5.44. The van der Waals surface area contributed by atoms with E-state index in [4.69, 9.17) is 4.74 Å². The Morgan fingerprint density at radius 3 is 2.18 bits per heavy atom. The van der Waals surface area contributed by atoms with Gasteiger partial charge in [0.1, 0.15) is 0 Å². The molecule has 0 aromatic carbocycles. The Morgan fingerprint density at radius 2 is 1.65 bits per heavy atom. The highest BCUT2D eigenvalue weighted by Gasteiger charge is 2.11. The van der Waals surface area contributed by atoms with Crippen LogP contribution in [0.1, 0.15) is 12.8 Å². The van der Waals surface area contributed by atoms with E-state index in [9.17, 15) is 14.4 Å². The van der Waals surface area contributed by atoms with Crippen LogP contribution in [0.15, 0.2) is 0 Å². The molecule has 3 N–H and O–H groups in total. The van der Waals surface area contributed by atoms with Crippen molar-refractivity contribution in [1.29, 1.82) is 0 Å². The van der Waals surface area contributed by atoms with Crippen LogP contribution in [0.5, 0.6) is 0 Å². The van der Waals surface area contributed by atoms with E-state index in [1.54, 1.807) is 7.11 Å². The van der Waals surface area contributed by atoms with Crippen LogP contribution in [0, 0.1) is 0 Å². The van der Waals surface area contributed by atoms with Gasteiger partial charge in [-0.05, 0) is 12.8 Å². The number of amides is 3. The summed E-state index contributed by atoms with van der Waals surface area (Å²) in [7, 11) is 1.57. The molecular weight excluding hydrogens is 226 g/mol. The number of nitrogens with one attached hydrogen (secondary N) is 3. The summed E-state index contributed by atoms with van der Waals surface area (Å²) in [6.07, 6.45) is 1.84. The summed E-state index contributed by atoms with van der Waals surface area (Å²) in [6.45, 7) is 1.77. The SMILES string of the molecule is COCCCNC(=O)C(=O)NCCCNC=O. The highest BCUT2D eigenvalue weighted by molar-refractivity contribution is 6.35. The molecule has 0 saturated heterocycles. The van der Waals surface area contributed by atoms with Gasteiger partial charge in [0, 0.05) is 33.4 Å². The molecule has 98 valence electrons. The molecule has 0 aliphatic carbocycles. The van der Waals surface area contributed by atoms with Gasteiger partial charge in [0.2, 0.25) is 6.41 Å². The molecule has 0 heterocycles. The van der Waals surface area contributed by atoms with Crippen molar-refractivity contribution in [3.05, 3.63) is 0 Å². The lowest BCUT2D eigenvalue weighted by Gasteiger charge is -2.05. The van der Waals surface area contributed by atoms with Gasteiger partial charge in [-0.15, -0.1) is 0 Å². The number of hydrogen-bond donors (Lipinski definition) is 3. The van der Waals surface area contributed by atoms with Crippen LogP contribution in [-0.2, 0) is 19.1 Å². The standard InChI is InChI=1S/C10H19N3O4/c1-17-7-3-6-13-10(16)9(15)12-5-2-4-11-8-14/h8H,2-7H2,1H3,(H,11,14)(H,12,15)(H,13,16). The number of rotatable bonds is 9. The highest BCUT2D eigenvalue weighted by atomic mass is 16.5. The molecule has 0 radical (unpaired) electrons. The fraction of sp³-hybridized carbons (Fsp3) is 0.700. The van der Waals surface area contributed by atoms with Crippen molar-refractivity contribution in [2.24, 2.45) is 0 Å². The molecule has 0 aliphatic heterocycles. The molecule has 3 amide bonds. The molecule has 7 heteroatoms. The van der Waals surface area contributed by atoms with E-state index < -0.39 is 11.8 Å². The lowest BCUT2D eigenvalue weighted by atomic mass is 10.4. The molecule has 0 aromatic rings. The third-order valence-corrected chi connectivity index (χ3v) is 1.88. The van der Waals surface area contributed by atoms with Crippen LogP contribution in [0.4, 0.5) is 0 Å². The maximum atomic E-state index is 11.2. The number of ether oxygens (including phenoxy) is 1. The Bertz CT molecular complexity index is 246. The Morgan fingerprint density at radius 1 is 1.06 bits per heavy atom. The summed E-state index contributed by atoms with van der Waals surface area (Å²) in [4.78, 5) is 32.3. The van der Waals surface area contributed by atoms with Gasteiger partial charge in [0.15, 0.2) is 0 Å². The van der Waals surface area contributed by atoms with E-state index in [1.165, 1.54) is 0 Å². The molecule has 0 saturated carbocycles. The topological polar surface area (TPSA) is 96.5 Å². The minimum Gasteiger partial charge on any atom is -0.385 e. The molecule has 0 aromatic heterocycles. The fourth-order valence-corrected chi connectivity index (χ4v) is 1.03. The lowest BCUT2D eigenvalue weighted by molar-refractivity contribution is -0.139. The summed E-state index contributed by atoms with van der Waals surface area (Å²) >= 11 is 0. The summed E-state index contributed by atoms with van der Waals surface area (Å²) < 4.78 is 4.80. The van der Waals surface area contributed by atoms with Crippen molar-refractivity contribution < 1.29 is 19.1 Å². The van der Waals surface area contributed by atoms with E-state index in [1.807, 2.05) is 0 Å². The minimum atomic E-state index is -0.659. The van der Waals surface area contributed by atoms with Crippen molar-refractivity contribution >= 4 is 18.2 Å². The summed E-state index contributed by atoms with van der Waals surface area (Å²) in [5.74, 6) is -1.31. The van der Waals surface area contributed by atoms with E-state index in [2.05, 4.69) is 16.0 Å². The Hall–Kier alpha value is -1.63. The summed E-state index contributed by atoms with van der Waals surface area (Å²) in [6, 6.07) is 0. The monoisotopic (exact) mass is 245 g/mol. The molecule has 0 aliphatic rings. The van der Waals surface area contributed by atoms with Crippen LogP contribution in [0.25, 0.3) is 0 Å². The van der Waals surface area contributed by atoms with E-state index in [0.717, 1.165) is 0 Å². The van der Waals surface area contributed by atoms with E-state index in [0.29, 0.717) is 45.5 Å². The van der Waals surface area contributed by atoms with Gasteiger partial charge in [-0.2, -0.15) is 0 Å². The zero-order valence-corrected chi connectivity index (χ0v) is 9.95. The van der Waals surface area contributed by atoms with Gasteiger partial charge in [-0.1, -0.05) is 0 Å². The molecule has 0 unspecified atom stereocenters. The minimum absolute atomic E-state index is 0.352. The fourth-order valence-electron chi connectivity index (χ4n) is 1.03. The number of carbonyl (C=O) groups excluding carboxylic acids is 3. The van der Waals surface area contributed by atoms with Crippen LogP contribution in [0.3, 0.4) is 0 Å². The first-order valence-electron chi connectivity index (χ1n) is 5.44. The van der Waals surface area contributed by atoms with Gasteiger partial charge in [-0.25, -0.2) is 0 Å². The first kappa shape index (κ1) is 15.4. The maximum Gasteiger partial charge on any atom is 0.309 e. The third kappa shape index (κ3) is 9.31. The van der Waals surface area contributed by atoms with Gasteiger partial charge < -0.3 is 20.7 Å². The van der Waals surface area contributed by atoms with Gasteiger partial charge in [0.25, 0.3) is 0 Å². The molecule has 0 atom stereocenters. The smallest absolute Gasteiger partial charge is 0.309 e. The second kappa shape index (κ2) is 10.9. The summed E-state index contributed by atoms with van der Waals surface area (Å²) in [5, 5.41) is 7.36. The number of hydrogen-bond acceptors (Lipinski definition) is 4. The van der Waals surface area contributed by atoms with Gasteiger partial charge in [0.05, 0.1) is 0 Å². The van der Waals surface area contributed by atoms with Crippen LogP contribution < -0.4 is 16.0 Å².